The van der Waals surface area contributed by atoms with Crippen LogP contribution in [-0.2, 0) is 6.42 Å². The van der Waals surface area contributed by atoms with E-state index in [-0.39, 0.29) is 5.92 Å². The van der Waals surface area contributed by atoms with Crippen molar-refractivity contribution in [3.05, 3.63) is 199 Å². The molecule has 0 aliphatic carbocycles. The summed E-state index contributed by atoms with van der Waals surface area (Å²) in [6.45, 7) is 0. The Kier molecular flexibility index (Phi) is 7.61. The Morgan fingerprint density at radius 3 is 1.51 bits per heavy atom. The lowest BCUT2D eigenvalue weighted by atomic mass is 9.86. The number of hydrogen-bond acceptors (Lipinski definition) is 3. The second-order valence-electron chi connectivity index (χ2n) is 13.6. The van der Waals surface area contributed by atoms with Gasteiger partial charge in [0.25, 0.3) is 0 Å². The molecule has 0 bridgehead atoms. The fourth-order valence-corrected chi connectivity index (χ4v) is 7.90. The molecule has 5 nitrogen and oxygen atoms in total. The zero-order chi connectivity index (χ0) is 35.1. The average molecular weight is 682 g/mol. The third-order valence-corrected chi connectivity index (χ3v) is 10.3. The molecule has 0 radical (unpaired) electrons. The van der Waals surface area contributed by atoms with Crippen molar-refractivity contribution >= 4 is 33.5 Å². The predicted octanol–water partition coefficient (Wildman–Crippen LogP) is 11.5. The van der Waals surface area contributed by atoms with E-state index in [0.717, 1.165) is 86.0 Å². The van der Waals surface area contributed by atoms with Gasteiger partial charge in [-0.05, 0) is 102 Å². The van der Waals surface area contributed by atoms with E-state index in [4.69, 9.17) is 15.0 Å². The molecule has 252 valence electrons. The molecule has 1 unspecified atom stereocenters. The maximum Gasteiger partial charge on any atom is 0.145 e. The highest BCUT2D eigenvalue weighted by molar-refractivity contribution is 6.11. The van der Waals surface area contributed by atoms with E-state index in [0.29, 0.717) is 0 Å². The summed E-state index contributed by atoms with van der Waals surface area (Å²) in [4.78, 5) is 16.0. The lowest BCUT2D eigenvalue weighted by Crippen LogP contribution is -2.12. The van der Waals surface area contributed by atoms with Gasteiger partial charge in [-0.2, -0.15) is 0 Å². The summed E-state index contributed by atoms with van der Waals surface area (Å²) in [7, 11) is 0. The molecule has 0 saturated heterocycles. The molecular formula is C48H35N5. The van der Waals surface area contributed by atoms with Crippen molar-refractivity contribution < 1.29 is 0 Å². The average Bonchev–Trinajstić information content (AvgIpc) is 3.93. The van der Waals surface area contributed by atoms with Crippen molar-refractivity contribution in [3.8, 4) is 34.2 Å². The normalized spacial score (nSPS) is 13.7. The second kappa shape index (κ2) is 13.0. The first-order valence-corrected chi connectivity index (χ1v) is 18.2. The molecule has 7 aromatic carbocycles. The Balaban J connectivity index is 1.22. The van der Waals surface area contributed by atoms with Crippen molar-refractivity contribution in [3.63, 3.8) is 0 Å². The monoisotopic (exact) mass is 681 g/mol. The van der Waals surface area contributed by atoms with Crippen LogP contribution in [0.5, 0.6) is 0 Å². The number of para-hydroxylation sites is 7. The Bertz CT molecular complexity index is 2640. The number of hydrogen-bond donors (Lipinski definition) is 0. The molecule has 9 aromatic rings. The second-order valence-corrected chi connectivity index (χ2v) is 13.6. The maximum atomic E-state index is 5.39. The van der Waals surface area contributed by atoms with Gasteiger partial charge in [-0.3, -0.25) is 14.1 Å². The first kappa shape index (κ1) is 30.9. The first-order chi connectivity index (χ1) is 26.3. The van der Waals surface area contributed by atoms with Gasteiger partial charge in [-0.15, -0.1) is 0 Å². The molecule has 0 N–H and O–H groups in total. The highest BCUT2D eigenvalue weighted by Crippen LogP contribution is 2.42. The highest BCUT2D eigenvalue weighted by Gasteiger charge is 2.29. The minimum atomic E-state index is 0.135. The van der Waals surface area contributed by atoms with Crippen LogP contribution in [0, 0.1) is 0 Å². The third-order valence-electron chi connectivity index (χ3n) is 10.3. The van der Waals surface area contributed by atoms with Crippen LogP contribution in [0.3, 0.4) is 0 Å². The van der Waals surface area contributed by atoms with Crippen LogP contribution in [-0.4, -0.2) is 24.8 Å². The molecule has 1 aliphatic heterocycles. The van der Waals surface area contributed by atoms with Crippen molar-refractivity contribution in [1.82, 2.24) is 19.1 Å². The van der Waals surface area contributed by atoms with Crippen LogP contribution in [0.4, 0.5) is 5.69 Å². The summed E-state index contributed by atoms with van der Waals surface area (Å²) in [5.41, 5.74) is 13.9. The van der Waals surface area contributed by atoms with E-state index in [1.165, 1.54) is 11.1 Å². The van der Waals surface area contributed by atoms with Crippen LogP contribution >= 0.6 is 0 Å². The van der Waals surface area contributed by atoms with Gasteiger partial charge < -0.3 is 0 Å². The van der Waals surface area contributed by atoms with Gasteiger partial charge in [-0.25, -0.2) is 9.97 Å². The van der Waals surface area contributed by atoms with Crippen LogP contribution in [0.1, 0.15) is 29.0 Å². The minimum absolute atomic E-state index is 0.135. The predicted molar refractivity (Wildman–Crippen MR) is 217 cm³/mol. The first-order valence-electron chi connectivity index (χ1n) is 18.2. The fourth-order valence-electron chi connectivity index (χ4n) is 7.90. The highest BCUT2D eigenvalue weighted by atomic mass is 15.1. The third kappa shape index (κ3) is 5.54. The topological polar surface area (TPSA) is 48.0 Å². The molecule has 53 heavy (non-hydrogen) atoms. The number of aliphatic imine (C=N–C) groups is 1. The van der Waals surface area contributed by atoms with E-state index in [1.807, 2.05) is 0 Å². The van der Waals surface area contributed by atoms with Gasteiger partial charge in [0.2, 0.25) is 0 Å². The number of aryl methyl sites for hydroxylation is 1. The number of aromatic nitrogens is 4. The van der Waals surface area contributed by atoms with Crippen LogP contribution in [0.25, 0.3) is 56.2 Å². The van der Waals surface area contributed by atoms with Gasteiger partial charge >= 0.3 is 0 Å². The Morgan fingerprint density at radius 2 is 0.925 bits per heavy atom. The standard InChI is InChI=1S/C48H35N5/c1-4-16-33(17-5-1)28-29-40-39-22-10-11-23-41(39)49-46(40)34-30-35(47-50-42-24-12-14-26-44(42)52(47)37-18-6-2-7-19-37)32-36(31-34)48-51-43-25-13-15-27-45(43)53(48)38-20-8-3-9-21-38/h1-27,30-32,40H,28-29H2. The molecule has 0 spiro atoms. The van der Waals surface area contributed by atoms with E-state index in [9.17, 15) is 0 Å². The van der Waals surface area contributed by atoms with E-state index in [1.54, 1.807) is 0 Å². The zero-order valence-electron chi connectivity index (χ0n) is 29.0. The molecule has 0 fully saturated rings. The van der Waals surface area contributed by atoms with Gasteiger partial charge in [0.1, 0.15) is 11.6 Å². The zero-order valence-corrected chi connectivity index (χ0v) is 29.0. The molecule has 3 heterocycles. The Morgan fingerprint density at radius 1 is 0.453 bits per heavy atom. The summed E-state index contributed by atoms with van der Waals surface area (Å²) < 4.78 is 4.55. The van der Waals surface area contributed by atoms with Gasteiger partial charge in [-0.1, -0.05) is 109 Å². The molecule has 0 amide bonds. The quantitative estimate of drug-likeness (QED) is 0.160. The summed E-state index contributed by atoms with van der Waals surface area (Å²) in [5.74, 6) is 1.88. The summed E-state index contributed by atoms with van der Waals surface area (Å²) in [6.07, 6.45) is 1.91. The largest absolute Gasteiger partial charge is 0.292 e. The molecule has 1 aliphatic rings. The lowest BCUT2D eigenvalue weighted by Gasteiger charge is -2.18. The van der Waals surface area contributed by atoms with Gasteiger partial charge in [0.05, 0.1) is 33.5 Å². The van der Waals surface area contributed by atoms with Crippen molar-refractivity contribution in [2.45, 2.75) is 18.8 Å². The number of benzene rings is 7. The molecule has 0 saturated carbocycles. The van der Waals surface area contributed by atoms with Crippen molar-refractivity contribution in [2.24, 2.45) is 4.99 Å². The van der Waals surface area contributed by atoms with Crippen molar-refractivity contribution in [2.75, 3.05) is 0 Å². The molecular weight excluding hydrogens is 647 g/mol. The van der Waals surface area contributed by atoms with Crippen molar-refractivity contribution in [1.29, 1.82) is 0 Å². The lowest BCUT2D eigenvalue weighted by molar-refractivity contribution is 0.778. The Labute approximate surface area is 308 Å². The SMILES string of the molecule is c1ccc(CCC2C(c3cc(-c4nc5ccccc5n4-c4ccccc4)cc(-c4nc5ccccc5n4-c4ccccc4)c3)=Nc3ccccc32)cc1. The van der Waals surface area contributed by atoms with Crippen LogP contribution < -0.4 is 0 Å². The fraction of sp³-hybridized carbons (Fsp3) is 0.0625. The Hall–Kier alpha value is -6.85. The van der Waals surface area contributed by atoms with Crippen LogP contribution in [0.15, 0.2) is 187 Å². The number of fused-ring (bicyclic) bond motifs is 3. The minimum Gasteiger partial charge on any atom is -0.292 e. The smallest absolute Gasteiger partial charge is 0.145 e. The molecule has 10 rings (SSSR count). The number of rotatable bonds is 8. The van der Waals surface area contributed by atoms with E-state index in [2.05, 4.69) is 191 Å². The van der Waals surface area contributed by atoms with E-state index >= 15 is 0 Å². The number of nitrogens with zero attached hydrogens (tertiary/aromatic N) is 5. The van der Waals surface area contributed by atoms with Crippen LogP contribution in [0.2, 0.25) is 0 Å². The summed E-state index contributed by atoms with van der Waals surface area (Å²) in [6, 6.07) is 64.0. The summed E-state index contributed by atoms with van der Waals surface area (Å²) >= 11 is 0. The van der Waals surface area contributed by atoms with Gasteiger partial charge in [0, 0.05) is 28.4 Å². The number of imidazole rings is 2. The molecule has 2 aromatic heterocycles. The summed E-state index contributed by atoms with van der Waals surface area (Å²) in [5, 5.41) is 0. The van der Waals surface area contributed by atoms with E-state index < -0.39 is 0 Å². The maximum absolute atomic E-state index is 5.39. The van der Waals surface area contributed by atoms with Gasteiger partial charge in [0.15, 0.2) is 0 Å². The molecule has 1 atom stereocenters. The molecule has 5 heteroatoms.